The van der Waals surface area contributed by atoms with Gasteiger partial charge in [-0.15, -0.1) is 0 Å². The second kappa shape index (κ2) is 7.66. The molecule has 0 fully saturated rings. The van der Waals surface area contributed by atoms with E-state index in [0.717, 1.165) is 0 Å². The first-order valence-electron chi connectivity index (χ1n) is 5.70. The highest BCUT2D eigenvalue weighted by molar-refractivity contribution is 7.84. The van der Waals surface area contributed by atoms with Gasteiger partial charge in [0, 0.05) is 41.5 Å². The van der Waals surface area contributed by atoms with Gasteiger partial charge in [-0.05, 0) is 13.8 Å². The van der Waals surface area contributed by atoms with Gasteiger partial charge >= 0.3 is 0 Å². The highest BCUT2D eigenvalue weighted by Crippen LogP contribution is 2.12. The Morgan fingerprint density at radius 1 is 1.56 bits per heavy atom. The average Bonchev–Trinajstić information content (AvgIpc) is 2.32. The minimum atomic E-state index is -0.863. The summed E-state index contributed by atoms with van der Waals surface area (Å²) >= 11 is 5.90. The van der Waals surface area contributed by atoms with Crippen molar-refractivity contribution in [3.63, 3.8) is 0 Å². The molecule has 7 heteroatoms. The molecular formula is C11H18ClN3O2S. The molecule has 2 atom stereocenters. The van der Waals surface area contributed by atoms with Crippen molar-refractivity contribution in [2.45, 2.75) is 25.7 Å². The topological polar surface area (TPSA) is 64.1 Å². The maximum atomic E-state index is 11.2. The highest BCUT2D eigenvalue weighted by Gasteiger charge is 2.08. The van der Waals surface area contributed by atoms with Crippen LogP contribution in [-0.2, 0) is 22.1 Å². The summed E-state index contributed by atoms with van der Waals surface area (Å²) in [6, 6.07) is 1.64. The van der Waals surface area contributed by atoms with Crippen molar-refractivity contribution in [1.82, 2.24) is 9.97 Å². The maximum Gasteiger partial charge on any atom is 0.158 e. The van der Waals surface area contributed by atoms with Gasteiger partial charge in [-0.25, -0.2) is 9.97 Å². The first kappa shape index (κ1) is 15.3. The molecule has 102 valence electrons. The average molecular weight is 292 g/mol. The van der Waals surface area contributed by atoms with Gasteiger partial charge in [0.2, 0.25) is 0 Å². The van der Waals surface area contributed by atoms with Crippen molar-refractivity contribution in [1.29, 1.82) is 0 Å². The third-order valence-electron chi connectivity index (χ3n) is 2.31. The number of aromatic nitrogens is 2. The molecule has 0 bridgehead atoms. The predicted octanol–water partition coefficient (Wildman–Crippen LogP) is 1.85. The van der Waals surface area contributed by atoms with Crippen molar-refractivity contribution in [2.24, 2.45) is 0 Å². The van der Waals surface area contributed by atoms with Crippen LogP contribution in [0.4, 0.5) is 5.82 Å². The molecule has 1 aromatic rings. The van der Waals surface area contributed by atoms with Gasteiger partial charge in [0.15, 0.2) is 5.82 Å². The Bertz CT molecular complexity index is 417. The van der Waals surface area contributed by atoms with Gasteiger partial charge in [0.1, 0.15) is 17.6 Å². The Kier molecular flexibility index (Phi) is 6.52. The SMILES string of the molecule is CCOCc1nc(Cl)cc(NCC(C)S(C)=O)n1. The quantitative estimate of drug-likeness (QED) is 0.777. The van der Waals surface area contributed by atoms with Gasteiger partial charge in [0.25, 0.3) is 0 Å². The lowest BCUT2D eigenvalue weighted by atomic mass is 10.4. The molecule has 2 unspecified atom stereocenters. The molecule has 0 saturated carbocycles. The zero-order valence-electron chi connectivity index (χ0n) is 10.8. The van der Waals surface area contributed by atoms with Crippen molar-refractivity contribution >= 4 is 28.2 Å². The Balaban J connectivity index is 2.64. The van der Waals surface area contributed by atoms with E-state index in [4.69, 9.17) is 16.3 Å². The van der Waals surface area contributed by atoms with Crippen molar-refractivity contribution in [3.8, 4) is 0 Å². The van der Waals surface area contributed by atoms with E-state index in [0.29, 0.717) is 36.6 Å². The van der Waals surface area contributed by atoms with Crippen LogP contribution < -0.4 is 5.32 Å². The zero-order chi connectivity index (χ0) is 13.5. The number of halogens is 1. The molecule has 1 rings (SSSR count). The molecule has 0 aliphatic rings. The second-order valence-corrected chi connectivity index (χ2v) is 6.01. The van der Waals surface area contributed by atoms with Gasteiger partial charge in [-0.2, -0.15) is 0 Å². The summed E-state index contributed by atoms with van der Waals surface area (Å²) in [6.07, 6.45) is 1.68. The molecule has 0 aromatic carbocycles. The van der Waals surface area contributed by atoms with Crippen molar-refractivity contribution in [2.75, 3.05) is 24.7 Å². The summed E-state index contributed by atoms with van der Waals surface area (Å²) < 4.78 is 16.5. The standard InChI is InChI=1S/C11H18ClN3O2S/c1-4-17-7-11-14-9(12)5-10(15-11)13-6-8(2)18(3)16/h5,8H,4,6-7H2,1-3H3,(H,13,14,15). The maximum absolute atomic E-state index is 11.2. The highest BCUT2D eigenvalue weighted by atomic mass is 35.5. The van der Waals surface area contributed by atoms with Crippen LogP contribution in [0.5, 0.6) is 0 Å². The summed E-state index contributed by atoms with van der Waals surface area (Å²) in [6.45, 7) is 5.32. The molecule has 0 spiro atoms. The molecule has 0 aliphatic carbocycles. The van der Waals surface area contributed by atoms with Crippen LogP contribution in [0.1, 0.15) is 19.7 Å². The Hall–Kier alpha value is -0.720. The first-order chi connectivity index (χ1) is 8.52. The fourth-order valence-corrected chi connectivity index (χ4v) is 1.70. The molecule has 5 nitrogen and oxygen atoms in total. The molecule has 0 aliphatic heterocycles. The summed E-state index contributed by atoms with van der Waals surface area (Å²) in [4.78, 5) is 8.33. The van der Waals surface area contributed by atoms with E-state index < -0.39 is 10.8 Å². The normalized spacial score (nSPS) is 14.2. The van der Waals surface area contributed by atoms with Crippen LogP contribution in [0.25, 0.3) is 0 Å². The van der Waals surface area contributed by atoms with Crippen LogP contribution >= 0.6 is 11.6 Å². The largest absolute Gasteiger partial charge is 0.374 e. The monoisotopic (exact) mass is 291 g/mol. The van der Waals surface area contributed by atoms with Gasteiger partial charge in [-0.1, -0.05) is 11.6 Å². The minimum Gasteiger partial charge on any atom is -0.374 e. The van der Waals surface area contributed by atoms with Crippen LogP contribution in [0.3, 0.4) is 0 Å². The molecule has 1 heterocycles. The lowest BCUT2D eigenvalue weighted by Gasteiger charge is -2.11. The molecule has 1 N–H and O–H groups in total. The smallest absolute Gasteiger partial charge is 0.158 e. The van der Waals surface area contributed by atoms with E-state index >= 15 is 0 Å². The number of hydrogen-bond acceptors (Lipinski definition) is 5. The van der Waals surface area contributed by atoms with Gasteiger partial charge in [-0.3, -0.25) is 4.21 Å². The molecular weight excluding hydrogens is 274 g/mol. The third kappa shape index (κ3) is 5.29. The van der Waals surface area contributed by atoms with E-state index in [9.17, 15) is 4.21 Å². The minimum absolute atomic E-state index is 0.0501. The first-order valence-corrected chi connectivity index (χ1v) is 7.70. The summed E-state index contributed by atoms with van der Waals surface area (Å²) in [5, 5.41) is 3.52. The number of nitrogens with zero attached hydrogens (tertiary/aromatic N) is 2. The molecule has 0 radical (unpaired) electrons. The van der Waals surface area contributed by atoms with E-state index in [1.54, 1.807) is 12.3 Å². The van der Waals surface area contributed by atoms with E-state index in [2.05, 4.69) is 15.3 Å². The second-order valence-electron chi connectivity index (χ2n) is 3.82. The molecule has 1 aromatic heterocycles. The molecule has 0 saturated heterocycles. The van der Waals surface area contributed by atoms with Crippen molar-refractivity contribution in [3.05, 3.63) is 17.0 Å². The van der Waals surface area contributed by atoms with Crippen LogP contribution in [0.15, 0.2) is 6.07 Å². The Morgan fingerprint density at radius 2 is 2.28 bits per heavy atom. The van der Waals surface area contributed by atoms with Gasteiger partial charge < -0.3 is 10.1 Å². The molecule has 18 heavy (non-hydrogen) atoms. The van der Waals surface area contributed by atoms with E-state index in [-0.39, 0.29) is 5.25 Å². The zero-order valence-corrected chi connectivity index (χ0v) is 12.3. The predicted molar refractivity (Wildman–Crippen MR) is 74.4 cm³/mol. The van der Waals surface area contributed by atoms with E-state index in [1.807, 2.05) is 13.8 Å². The summed E-state index contributed by atoms with van der Waals surface area (Å²) in [7, 11) is -0.863. The van der Waals surface area contributed by atoms with Gasteiger partial charge in [0.05, 0.1) is 0 Å². The van der Waals surface area contributed by atoms with Crippen LogP contribution in [-0.4, -0.2) is 38.8 Å². The van der Waals surface area contributed by atoms with Crippen LogP contribution in [0, 0.1) is 0 Å². The Labute approximate surface area is 115 Å². The number of hydrogen-bond donors (Lipinski definition) is 1. The van der Waals surface area contributed by atoms with Crippen LogP contribution in [0.2, 0.25) is 5.15 Å². The summed E-state index contributed by atoms with van der Waals surface area (Å²) in [5.41, 5.74) is 0. The van der Waals surface area contributed by atoms with Crippen molar-refractivity contribution < 1.29 is 8.95 Å². The molecule has 0 amide bonds. The lowest BCUT2D eigenvalue weighted by molar-refractivity contribution is 0.128. The van der Waals surface area contributed by atoms with E-state index in [1.165, 1.54) is 0 Å². The Morgan fingerprint density at radius 3 is 2.89 bits per heavy atom. The number of ether oxygens (including phenoxy) is 1. The lowest BCUT2D eigenvalue weighted by Crippen LogP contribution is -2.21. The number of rotatable bonds is 7. The number of nitrogens with one attached hydrogen (secondary N) is 1. The third-order valence-corrected chi connectivity index (χ3v) is 3.81. The fraction of sp³-hybridized carbons (Fsp3) is 0.636. The fourth-order valence-electron chi connectivity index (χ4n) is 1.18. The summed E-state index contributed by atoms with van der Waals surface area (Å²) in [5.74, 6) is 1.17. The number of anilines is 1.